The third-order valence-electron chi connectivity index (χ3n) is 4.33. The number of benzene rings is 1. The highest BCUT2D eigenvalue weighted by molar-refractivity contribution is 5.97. The summed E-state index contributed by atoms with van der Waals surface area (Å²) in [6.07, 6.45) is -0.0454. The minimum absolute atomic E-state index is 0.0454. The van der Waals surface area contributed by atoms with Crippen molar-refractivity contribution in [3.8, 4) is 0 Å². The topological polar surface area (TPSA) is 74.4 Å². The van der Waals surface area contributed by atoms with E-state index < -0.39 is 0 Å². The molecule has 0 radical (unpaired) electrons. The van der Waals surface area contributed by atoms with Crippen LogP contribution >= 0.6 is 0 Å². The van der Waals surface area contributed by atoms with Gasteiger partial charge in [0.15, 0.2) is 0 Å². The van der Waals surface area contributed by atoms with E-state index >= 15 is 0 Å². The van der Waals surface area contributed by atoms with Crippen LogP contribution in [0.3, 0.4) is 0 Å². The largest absolute Gasteiger partial charge is 0.374 e. The number of pyridine rings is 1. The second-order valence-corrected chi connectivity index (χ2v) is 6.96. The van der Waals surface area contributed by atoms with Gasteiger partial charge < -0.3 is 15.0 Å². The van der Waals surface area contributed by atoms with Crippen LogP contribution in [-0.4, -0.2) is 54.7 Å². The average molecular weight is 343 g/mol. The van der Waals surface area contributed by atoms with E-state index in [1.54, 1.807) is 6.07 Å². The van der Waals surface area contributed by atoms with Crippen LogP contribution in [0.5, 0.6) is 0 Å². The van der Waals surface area contributed by atoms with Gasteiger partial charge in [-0.05, 0) is 23.4 Å². The Bertz CT molecular complexity index is 800. The smallest absolute Gasteiger partial charge is 0.261 e. The lowest BCUT2D eigenvalue weighted by Crippen LogP contribution is -2.48. The van der Waals surface area contributed by atoms with Crippen molar-refractivity contribution in [2.24, 2.45) is 5.92 Å². The monoisotopic (exact) mass is 343 g/mol. The fourth-order valence-corrected chi connectivity index (χ4v) is 3.20. The summed E-state index contributed by atoms with van der Waals surface area (Å²) in [5.74, 6) is 0.237. The molecule has 1 amide bonds. The number of aromatic nitrogens is 1. The summed E-state index contributed by atoms with van der Waals surface area (Å²) in [5.41, 5.74) is 0.486. The molecule has 134 valence electrons. The fourth-order valence-electron chi connectivity index (χ4n) is 3.20. The molecule has 1 atom stereocenters. The number of rotatable bonds is 5. The molecule has 2 heterocycles. The normalized spacial score (nSPS) is 18.6. The molecule has 1 aliphatic rings. The van der Waals surface area contributed by atoms with Gasteiger partial charge in [0.2, 0.25) is 0 Å². The third kappa shape index (κ3) is 4.46. The number of amides is 1. The summed E-state index contributed by atoms with van der Waals surface area (Å²) in [7, 11) is 0. The van der Waals surface area contributed by atoms with Gasteiger partial charge in [-0.2, -0.15) is 0 Å². The maximum absolute atomic E-state index is 12.4. The Balaban J connectivity index is 1.63. The number of carbonyl (C=O) groups excluding carboxylic acids is 1. The van der Waals surface area contributed by atoms with E-state index in [9.17, 15) is 9.59 Å². The Hall–Kier alpha value is -2.18. The quantitative estimate of drug-likeness (QED) is 0.865. The van der Waals surface area contributed by atoms with Gasteiger partial charge in [0.05, 0.1) is 12.7 Å². The van der Waals surface area contributed by atoms with Crippen molar-refractivity contribution in [1.29, 1.82) is 0 Å². The van der Waals surface area contributed by atoms with E-state index in [1.165, 1.54) is 0 Å². The number of hydrogen-bond acceptors (Lipinski definition) is 4. The summed E-state index contributed by atoms with van der Waals surface area (Å²) < 4.78 is 5.73. The Labute approximate surface area is 147 Å². The molecule has 2 N–H and O–H groups in total. The van der Waals surface area contributed by atoms with Crippen molar-refractivity contribution >= 4 is 16.8 Å². The van der Waals surface area contributed by atoms with E-state index in [1.807, 2.05) is 24.3 Å². The highest BCUT2D eigenvalue weighted by Gasteiger charge is 2.22. The standard InChI is InChI=1S/C19H25N3O3/c1-13(2)11-22-7-8-25-15(12-22)10-20-18(23)16-9-14-5-3-4-6-17(14)21-19(16)24/h3-6,9,13,15H,7-8,10-12H2,1-2H3,(H,20,23)(H,21,24)/t15-/m0/s1. The van der Waals surface area contributed by atoms with Crippen LogP contribution in [0.15, 0.2) is 35.1 Å². The summed E-state index contributed by atoms with van der Waals surface area (Å²) >= 11 is 0. The van der Waals surface area contributed by atoms with E-state index in [0.717, 1.165) is 30.5 Å². The Kier molecular flexibility index (Phi) is 5.50. The van der Waals surface area contributed by atoms with Crippen LogP contribution < -0.4 is 10.9 Å². The van der Waals surface area contributed by atoms with Gasteiger partial charge in [0.1, 0.15) is 5.56 Å². The summed E-state index contributed by atoms with van der Waals surface area (Å²) in [4.78, 5) is 29.7. The summed E-state index contributed by atoms with van der Waals surface area (Å²) in [6, 6.07) is 9.05. The molecule has 6 heteroatoms. The summed E-state index contributed by atoms with van der Waals surface area (Å²) in [5, 5.41) is 3.67. The molecule has 1 fully saturated rings. The average Bonchev–Trinajstić information content (AvgIpc) is 2.59. The molecular formula is C19H25N3O3. The van der Waals surface area contributed by atoms with Crippen molar-refractivity contribution in [2.45, 2.75) is 20.0 Å². The van der Waals surface area contributed by atoms with Crippen LogP contribution in [0, 0.1) is 5.92 Å². The zero-order valence-corrected chi connectivity index (χ0v) is 14.7. The van der Waals surface area contributed by atoms with E-state index in [4.69, 9.17) is 4.74 Å². The third-order valence-corrected chi connectivity index (χ3v) is 4.33. The zero-order valence-electron chi connectivity index (χ0n) is 14.7. The van der Waals surface area contributed by atoms with Crippen molar-refractivity contribution in [1.82, 2.24) is 15.2 Å². The van der Waals surface area contributed by atoms with Gasteiger partial charge in [-0.25, -0.2) is 0 Å². The molecule has 2 aromatic rings. The minimum Gasteiger partial charge on any atom is -0.374 e. The molecule has 6 nitrogen and oxygen atoms in total. The number of aromatic amines is 1. The lowest BCUT2D eigenvalue weighted by molar-refractivity contribution is -0.0295. The molecule has 1 saturated heterocycles. The highest BCUT2D eigenvalue weighted by atomic mass is 16.5. The van der Waals surface area contributed by atoms with Crippen LogP contribution in [0.2, 0.25) is 0 Å². The first kappa shape index (κ1) is 17.6. The predicted octanol–water partition coefficient (Wildman–Crippen LogP) is 1.61. The lowest BCUT2D eigenvalue weighted by atomic mass is 10.1. The Morgan fingerprint density at radius 3 is 3.00 bits per heavy atom. The molecule has 1 aromatic heterocycles. The molecule has 0 unspecified atom stereocenters. The van der Waals surface area contributed by atoms with Crippen molar-refractivity contribution in [3.63, 3.8) is 0 Å². The number of carbonyl (C=O) groups is 1. The molecule has 25 heavy (non-hydrogen) atoms. The number of para-hydroxylation sites is 1. The first-order chi connectivity index (χ1) is 12.0. The molecule has 0 spiro atoms. The van der Waals surface area contributed by atoms with E-state index in [2.05, 4.69) is 29.0 Å². The Morgan fingerprint density at radius 2 is 2.20 bits per heavy atom. The maximum Gasteiger partial charge on any atom is 0.261 e. The molecule has 0 aliphatic carbocycles. The number of fused-ring (bicyclic) bond motifs is 1. The number of ether oxygens (including phenoxy) is 1. The first-order valence-electron chi connectivity index (χ1n) is 8.77. The van der Waals surface area contributed by atoms with Crippen LogP contribution in [0.4, 0.5) is 0 Å². The van der Waals surface area contributed by atoms with Crippen molar-refractivity contribution in [3.05, 3.63) is 46.2 Å². The number of nitrogens with one attached hydrogen (secondary N) is 2. The minimum atomic E-state index is -0.373. The van der Waals surface area contributed by atoms with Crippen molar-refractivity contribution in [2.75, 3.05) is 32.8 Å². The molecule has 1 aliphatic heterocycles. The highest BCUT2D eigenvalue weighted by Crippen LogP contribution is 2.11. The van der Waals surface area contributed by atoms with Crippen LogP contribution in [-0.2, 0) is 4.74 Å². The van der Waals surface area contributed by atoms with Gasteiger partial charge in [0, 0.05) is 31.7 Å². The summed E-state index contributed by atoms with van der Waals surface area (Å²) in [6.45, 7) is 8.21. The number of H-pyrrole nitrogens is 1. The van der Waals surface area contributed by atoms with E-state index in [0.29, 0.717) is 19.1 Å². The second kappa shape index (κ2) is 7.80. The van der Waals surface area contributed by atoms with Gasteiger partial charge in [0.25, 0.3) is 11.5 Å². The molecule has 1 aromatic carbocycles. The lowest BCUT2D eigenvalue weighted by Gasteiger charge is -2.33. The molecule has 0 saturated carbocycles. The first-order valence-corrected chi connectivity index (χ1v) is 8.77. The molecule has 3 rings (SSSR count). The van der Waals surface area contributed by atoms with Gasteiger partial charge in [-0.15, -0.1) is 0 Å². The molecule has 0 bridgehead atoms. The number of hydrogen-bond donors (Lipinski definition) is 2. The van der Waals surface area contributed by atoms with Crippen LogP contribution in [0.1, 0.15) is 24.2 Å². The van der Waals surface area contributed by atoms with E-state index in [-0.39, 0.29) is 23.1 Å². The second-order valence-electron chi connectivity index (χ2n) is 6.96. The van der Waals surface area contributed by atoms with Gasteiger partial charge in [-0.3, -0.25) is 14.5 Å². The SMILES string of the molecule is CC(C)CN1CCO[C@@H](CNC(=O)c2cc3ccccc3[nH]c2=O)C1. The van der Waals surface area contributed by atoms with Gasteiger partial charge >= 0.3 is 0 Å². The fraction of sp³-hybridized carbons (Fsp3) is 0.474. The molecular weight excluding hydrogens is 318 g/mol. The number of nitrogens with zero attached hydrogens (tertiary/aromatic N) is 1. The maximum atomic E-state index is 12.4. The van der Waals surface area contributed by atoms with Gasteiger partial charge in [-0.1, -0.05) is 32.0 Å². The van der Waals surface area contributed by atoms with Crippen LogP contribution in [0.25, 0.3) is 10.9 Å². The number of morpholine rings is 1. The predicted molar refractivity (Wildman–Crippen MR) is 97.9 cm³/mol. The Morgan fingerprint density at radius 1 is 1.40 bits per heavy atom. The van der Waals surface area contributed by atoms with Crippen molar-refractivity contribution < 1.29 is 9.53 Å². The zero-order chi connectivity index (χ0) is 17.8.